The summed E-state index contributed by atoms with van der Waals surface area (Å²) in [6.07, 6.45) is 1.06. The highest BCUT2D eigenvalue weighted by Gasteiger charge is 2.14. The van der Waals surface area contributed by atoms with Crippen LogP contribution in [0.3, 0.4) is 0 Å². The molecule has 0 saturated carbocycles. The predicted octanol–water partition coefficient (Wildman–Crippen LogP) is 1.59. The zero-order valence-electron chi connectivity index (χ0n) is 12.5. The minimum absolute atomic E-state index is 0.221. The Labute approximate surface area is 122 Å². The first kappa shape index (κ1) is 16.9. The summed E-state index contributed by atoms with van der Waals surface area (Å²) >= 11 is 0. The van der Waals surface area contributed by atoms with Gasteiger partial charge in [-0.3, -0.25) is 0 Å². The lowest BCUT2D eigenvalue weighted by atomic mass is 10.2. The van der Waals surface area contributed by atoms with E-state index in [-0.39, 0.29) is 4.90 Å². The summed E-state index contributed by atoms with van der Waals surface area (Å²) in [4.78, 5) is 2.44. The van der Waals surface area contributed by atoms with Crippen LogP contribution in [0.2, 0.25) is 0 Å². The van der Waals surface area contributed by atoms with E-state index in [1.165, 1.54) is 6.07 Å². The van der Waals surface area contributed by atoms with Gasteiger partial charge in [0.1, 0.15) is 0 Å². The van der Waals surface area contributed by atoms with Crippen molar-refractivity contribution in [1.29, 1.82) is 0 Å². The Balaban J connectivity index is 2.63. The molecule has 20 heavy (non-hydrogen) atoms. The first-order chi connectivity index (χ1) is 9.40. The standard InChI is InChI=1S/C14H25N3O2S/c1-4-9-17(5-2)10-8-16-20(18,19)13-7-6-12(3)14(15)11-13/h6-7,11,16H,4-5,8-10,15H2,1-3H3. The smallest absolute Gasteiger partial charge is 0.240 e. The van der Waals surface area contributed by atoms with Gasteiger partial charge in [0.15, 0.2) is 0 Å². The molecular formula is C14H25N3O2S. The number of rotatable bonds is 8. The van der Waals surface area contributed by atoms with Crippen molar-refractivity contribution in [3.8, 4) is 0 Å². The highest BCUT2D eigenvalue weighted by Crippen LogP contribution is 2.16. The molecule has 0 spiro atoms. The highest BCUT2D eigenvalue weighted by atomic mass is 32.2. The molecule has 0 unspecified atom stereocenters. The molecule has 6 heteroatoms. The van der Waals surface area contributed by atoms with Crippen molar-refractivity contribution < 1.29 is 8.42 Å². The topological polar surface area (TPSA) is 75.4 Å². The molecule has 0 aliphatic rings. The van der Waals surface area contributed by atoms with Gasteiger partial charge in [-0.25, -0.2) is 13.1 Å². The van der Waals surface area contributed by atoms with Crippen LogP contribution >= 0.6 is 0 Å². The molecule has 5 nitrogen and oxygen atoms in total. The highest BCUT2D eigenvalue weighted by molar-refractivity contribution is 7.89. The van der Waals surface area contributed by atoms with Crippen molar-refractivity contribution in [3.05, 3.63) is 23.8 Å². The number of aryl methyl sites for hydroxylation is 1. The Morgan fingerprint density at radius 3 is 2.50 bits per heavy atom. The number of benzene rings is 1. The quantitative estimate of drug-likeness (QED) is 0.715. The molecule has 0 radical (unpaired) electrons. The fraction of sp³-hybridized carbons (Fsp3) is 0.571. The lowest BCUT2D eigenvalue weighted by molar-refractivity contribution is 0.293. The molecule has 1 aromatic rings. The predicted molar refractivity (Wildman–Crippen MR) is 83.2 cm³/mol. The largest absolute Gasteiger partial charge is 0.398 e. The van der Waals surface area contributed by atoms with Crippen LogP contribution in [0, 0.1) is 6.92 Å². The first-order valence-electron chi connectivity index (χ1n) is 6.98. The molecule has 0 aromatic heterocycles. The molecule has 0 fully saturated rings. The molecule has 1 aromatic carbocycles. The summed E-state index contributed by atoms with van der Waals surface area (Å²) in [6, 6.07) is 4.80. The van der Waals surface area contributed by atoms with Gasteiger partial charge in [0.25, 0.3) is 0 Å². The van der Waals surface area contributed by atoms with E-state index in [4.69, 9.17) is 5.73 Å². The van der Waals surface area contributed by atoms with Crippen LogP contribution < -0.4 is 10.5 Å². The Bertz CT molecular complexity index is 529. The van der Waals surface area contributed by atoms with Crippen molar-refractivity contribution >= 4 is 15.7 Å². The van der Waals surface area contributed by atoms with Gasteiger partial charge in [0, 0.05) is 18.8 Å². The fourth-order valence-electron chi connectivity index (χ4n) is 1.95. The number of hydrogen-bond donors (Lipinski definition) is 2. The number of hydrogen-bond acceptors (Lipinski definition) is 4. The number of sulfonamides is 1. The summed E-state index contributed by atoms with van der Waals surface area (Å²) in [7, 11) is -3.48. The molecule has 0 amide bonds. The van der Waals surface area contributed by atoms with Gasteiger partial charge in [-0.15, -0.1) is 0 Å². The van der Waals surface area contributed by atoms with E-state index in [9.17, 15) is 8.42 Å². The molecule has 0 heterocycles. The molecule has 0 saturated heterocycles. The maximum Gasteiger partial charge on any atom is 0.240 e. The Hall–Kier alpha value is -1.11. The van der Waals surface area contributed by atoms with Crippen LogP contribution in [0.25, 0.3) is 0 Å². The zero-order chi connectivity index (χ0) is 15.2. The van der Waals surface area contributed by atoms with Gasteiger partial charge in [-0.05, 0) is 44.1 Å². The second-order valence-corrected chi connectivity index (χ2v) is 6.62. The van der Waals surface area contributed by atoms with Crippen LogP contribution in [0.1, 0.15) is 25.8 Å². The van der Waals surface area contributed by atoms with E-state index >= 15 is 0 Å². The van der Waals surface area contributed by atoms with Gasteiger partial charge in [0.05, 0.1) is 4.90 Å². The zero-order valence-corrected chi connectivity index (χ0v) is 13.3. The van der Waals surface area contributed by atoms with Crippen LogP contribution in [0.15, 0.2) is 23.1 Å². The van der Waals surface area contributed by atoms with E-state index in [2.05, 4.69) is 23.5 Å². The number of nitrogens with one attached hydrogen (secondary N) is 1. The Morgan fingerprint density at radius 2 is 1.95 bits per heavy atom. The lowest BCUT2D eigenvalue weighted by Gasteiger charge is -2.19. The maximum absolute atomic E-state index is 12.1. The molecule has 0 bridgehead atoms. The van der Waals surface area contributed by atoms with E-state index < -0.39 is 10.0 Å². The molecule has 3 N–H and O–H groups in total. The van der Waals surface area contributed by atoms with Crippen LogP contribution in [0.5, 0.6) is 0 Å². The summed E-state index contributed by atoms with van der Waals surface area (Å²) < 4.78 is 26.9. The summed E-state index contributed by atoms with van der Waals surface area (Å²) in [5, 5.41) is 0. The van der Waals surface area contributed by atoms with E-state index in [0.29, 0.717) is 18.8 Å². The van der Waals surface area contributed by atoms with Gasteiger partial charge < -0.3 is 10.6 Å². The average Bonchev–Trinajstić information content (AvgIpc) is 2.40. The summed E-state index contributed by atoms with van der Waals surface area (Å²) in [5.74, 6) is 0. The minimum atomic E-state index is -3.48. The van der Waals surface area contributed by atoms with E-state index in [1.54, 1.807) is 12.1 Å². The molecule has 0 aliphatic heterocycles. The second kappa shape index (κ2) is 7.61. The number of likely N-dealkylation sites (N-methyl/N-ethyl adjacent to an activating group) is 1. The van der Waals surface area contributed by atoms with Crippen molar-refractivity contribution in [2.45, 2.75) is 32.1 Å². The third kappa shape index (κ3) is 4.77. The lowest BCUT2D eigenvalue weighted by Crippen LogP contribution is -2.35. The second-order valence-electron chi connectivity index (χ2n) is 4.85. The van der Waals surface area contributed by atoms with Gasteiger partial charge in [-0.1, -0.05) is 19.9 Å². The third-order valence-electron chi connectivity index (χ3n) is 3.27. The normalized spacial score (nSPS) is 12.0. The number of anilines is 1. The van der Waals surface area contributed by atoms with Crippen molar-refractivity contribution in [3.63, 3.8) is 0 Å². The van der Waals surface area contributed by atoms with Crippen LogP contribution in [0.4, 0.5) is 5.69 Å². The molecule has 114 valence electrons. The number of nitrogens with two attached hydrogens (primary N) is 1. The Morgan fingerprint density at radius 1 is 1.25 bits per heavy atom. The van der Waals surface area contributed by atoms with E-state index in [0.717, 1.165) is 25.1 Å². The average molecular weight is 299 g/mol. The van der Waals surface area contributed by atoms with E-state index in [1.807, 2.05) is 6.92 Å². The minimum Gasteiger partial charge on any atom is -0.398 e. The van der Waals surface area contributed by atoms with Crippen LogP contribution in [-0.2, 0) is 10.0 Å². The summed E-state index contributed by atoms with van der Waals surface area (Å²) in [6.45, 7) is 9.06. The van der Waals surface area contributed by atoms with Gasteiger partial charge in [-0.2, -0.15) is 0 Å². The number of nitrogens with zero attached hydrogens (tertiary/aromatic N) is 1. The fourth-order valence-corrected chi connectivity index (χ4v) is 3.01. The van der Waals surface area contributed by atoms with Gasteiger partial charge in [0.2, 0.25) is 10.0 Å². The monoisotopic (exact) mass is 299 g/mol. The maximum atomic E-state index is 12.1. The van der Waals surface area contributed by atoms with Crippen molar-refractivity contribution in [1.82, 2.24) is 9.62 Å². The Kier molecular flexibility index (Phi) is 6.45. The molecule has 1 rings (SSSR count). The van der Waals surface area contributed by atoms with Gasteiger partial charge >= 0.3 is 0 Å². The first-order valence-corrected chi connectivity index (χ1v) is 8.47. The molecule has 0 aliphatic carbocycles. The molecule has 0 atom stereocenters. The number of nitrogen functional groups attached to an aromatic ring is 1. The molecular weight excluding hydrogens is 274 g/mol. The van der Waals surface area contributed by atoms with Crippen molar-refractivity contribution in [2.24, 2.45) is 0 Å². The SMILES string of the molecule is CCCN(CC)CCNS(=O)(=O)c1ccc(C)c(N)c1. The third-order valence-corrected chi connectivity index (χ3v) is 4.73. The van der Waals surface area contributed by atoms with Crippen LogP contribution in [-0.4, -0.2) is 39.5 Å². The van der Waals surface area contributed by atoms with Crippen molar-refractivity contribution in [2.75, 3.05) is 31.9 Å². The summed E-state index contributed by atoms with van der Waals surface area (Å²) in [5.41, 5.74) is 7.13.